The Kier molecular flexibility index (Phi) is 2.33. The largest absolute Gasteiger partial charge is 0.399 e. The Bertz CT molecular complexity index is 235. The summed E-state index contributed by atoms with van der Waals surface area (Å²) in [5, 5.41) is 11.8. The number of nitrogens with one attached hydrogen (secondary N) is 1. The van der Waals surface area contributed by atoms with E-state index in [2.05, 4.69) is 5.32 Å². The highest BCUT2D eigenvalue weighted by atomic mass is 16.3. The third-order valence-corrected chi connectivity index (χ3v) is 1.26. The first-order chi connectivity index (χ1) is 5.18. The molecule has 11 heavy (non-hydrogen) atoms. The van der Waals surface area contributed by atoms with Crippen LogP contribution in [0.5, 0.6) is 0 Å². The first kappa shape index (κ1) is 7.88. The molecule has 0 aliphatic rings. The number of hydrogen-bond donors (Lipinski definition) is 3. The molecule has 4 N–H and O–H groups in total. The number of aliphatic hydroxyl groups is 1. The standard InChI is InChI=1S/C8H12N2O/c1-6(11)10-8-4-2-3-7(9)5-8/h2-6,10-11H,9H2,1H3. The van der Waals surface area contributed by atoms with Gasteiger partial charge in [-0.15, -0.1) is 0 Å². The van der Waals surface area contributed by atoms with Crippen LogP contribution in [0, 0.1) is 0 Å². The Morgan fingerprint density at radius 2 is 2.27 bits per heavy atom. The predicted octanol–water partition coefficient (Wildman–Crippen LogP) is 1.02. The maximum Gasteiger partial charge on any atom is 0.121 e. The fraction of sp³-hybridized carbons (Fsp3) is 0.250. The second-order valence-corrected chi connectivity index (χ2v) is 2.45. The number of rotatable bonds is 2. The van der Waals surface area contributed by atoms with Crippen LogP contribution in [0.4, 0.5) is 11.4 Å². The Hall–Kier alpha value is -1.22. The van der Waals surface area contributed by atoms with Crippen molar-refractivity contribution in [3.8, 4) is 0 Å². The van der Waals surface area contributed by atoms with Crippen LogP contribution in [0.25, 0.3) is 0 Å². The second kappa shape index (κ2) is 3.25. The van der Waals surface area contributed by atoms with E-state index in [1.807, 2.05) is 12.1 Å². The topological polar surface area (TPSA) is 58.3 Å². The van der Waals surface area contributed by atoms with Gasteiger partial charge in [0.15, 0.2) is 0 Å². The minimum atomic E-state index is -0.545. The first-order valence-corrected chi connectivity index (χ1v) is 3.48. The van der Waals surface area contributed by atoms with Crippen LogP contribution in [0.1, 0.15) is 6.92 Å². The highest BCUT2D eigenvalue weighted by Gasteiger charge is 1.94. The Balaban J connectivity index is 2.71. The van der Waals surface area contributed by atoms with Crippen molar-refractivity contribution in [2.45, 2.75) is 13.2 Å². The van der Waals surface area contributed by atoms with E-state index in [1.165, 1.54) is 0 Å². The Labute approximate surface area is 65.8 Å². The smallest absolute Gasteiger partial charge is 0.121 e. The second-order valence-electron chi connectivity index (χ2n) is 2.45. The van der Waals surface area contributed by atoms with Crippen molar-refractivity contribution in [3.05, 3.63) is 24.3 Å². The molecule has 0 aliphatic carbocycles. The van der Waals surface area contributed by atoms with Crippen LogP contribution in [-0.2, 0) is 0 Å². The molecule has 0 spiro atoms. The van der Waals surface area contributed by atoms with Crippen molar-refractivity contribution in [3.63, 3.8) is 0 Å². The molecule has 0 bridgehead atoms. The zero-order chi connectivity index (χ0) is 8.27. The number of aliphatic hydroxyl groups excluding tert-OH is 1. The van der Waals surface area contributed by atoms with Crippen molar-refractivity contribution < 1.29 is 5.11 Å². The van der Waals surface area contributed by atoms with Gasteiger partial charge in [-0.25, -0.2) is 0 Å². The molecule has 0 saturated carbocycles. The lowest BCUT2D eigenvalue weighted by molar-refractivity contribution is 0.224. The lowest BCUT2D eigenvalue weighted by atomic mass is 10.3. The van der Waals surface area contributed by atoms with E-state index in [0.29, 0.717) is 5.69 Å². The van der Waals surface area contributed by atoms with Gasteiger partial charge in [-0.3, -0.25) is 0 Å². The molecule has 0 saturated heterocycles. The van der Waals surface area contributed by atoms with Gasteiger partial charge in [-0.05, 0) is 25.1 Å². The van der Waals surface area contributed by atoms with Crippen molar-refractivity contribution in [2.75, 3.05) is 11.1 Å². The lowest BCUT2D eigenvalue weighted by Crippen LogP contribution is -2.13. The number of nitrogen functional groups attached to an aromatic ring is 1. The van der Waals surface area contributed by atoms with Crippen molar-refractivity contribution in [2.24, 2.45) is 0 Å². The van der Waals surface area contributed by atoms with Gasteiger partial charge in [0.25, 0.3) is 0 Å². The fourth-order valence-electron chi connectivity index (χ4n) is 0.870. The van der Waals surface area contributed by atoms with Crippen molar-refractivity contribution >= 4 is 11.4 Å². The summed E-state index contributed by atoms with van der Waals surface area (Å²) in [5.74, 6) is 0. The van der Waals surface area contributed by atoms with Crippen LogP contribution in [0.15, 0.2) is 24.3 Å². The quantitative estimate of drug-likeness (QED) is 0.438. The Morgan fingerprint density at radius 1 is 1.55 bits per heavy atom. The molecule has 60 valence electrons. The van der Waals surface area contributed by atoms with Crippen molar-refractivity contribution in [1.29, 1.82) is 0 Å². The van der Waals surface area contributed by atoms with Gasteiger partial charge in [-0.1, -0.05) is 6.07 Å². The third-order valence-electron chi connectivity index (χ3n) is 1.26. The molecule has 3 nitrogen and oxygen atoms in total. The summed E-state index contributed by atoms with van der Waals surface area (Å²) in [4.78, 5) is 0. The van der Waals surface area contributed by atoms with Crippen LogP contribution in [-0.4, -0.2) is 11.3 Å². The molecule has 0 amide bonds. The van der Waals surface area contributed by atoms with Gasteiger partial charge in [0.05, 0.1) is 0 Å². The van der Waals surface area contributed by atoms with Crippen LogP contribution in [0.2, 0.25) is 0 Å². The molecule has 1 aromatic carbocycles. The van der Waals surface area contributed by atoms with Gasteiger partial charge in [-0.2, -0.15) is 0 Å². The van der Waals surface area contributed by atoms with Gasteiger partial charge >= 0.3 is 0 Å². The van der Waals surface area contributed by atoms with E-state index in [1.54, 1.807) is 19.1 Å². The van der Waals surface area contributed by atoms with E-state index in [0.717, 1.165) is 5.69 Å². The predicted molar refractivity (Wildman–Crippen MR) is 46.2 cm³/mol. The van der Waals surface area contributed by atoms with E-state index in [-0.39, 0.29) is 0 Å². The summed E-state index contributed by atoms with van der Waals surface area (Å²) >= 11 is 0. The normalized spacial score (nSPS) is 12.5. The summed E-state index contributed by atoms with van der Waals surface area (Å²) in [6.07, 6.45) is -0.545. The minimum Gasteiger partial charge on any atom is -0.399 e. The minimum absolute atomic E-state index is 0.545. The molecule has 1 atom stereocenters. The van der Waals surface area contributed by atoms with E-state index in [4.69, 9.17) is 10.8 Å². The van der Waals surface area contributed by atoms with Gasteiger partial charge < -0.3 is 16.2 Å². The molecule has 0 heterocycles. The van der Waals surface area contributed by atoms with Gasteiger partial charge in [0.2, 0.25) is 0 Å². The number of nitrogens with two attached hydrogens (primary N) is 1. The SMILES string of the molecule is CC(O)Nc1cccc(N)c1. The molecular formula is C8H12N2O. The molecule has 3 heteroatoms. The Morgan fingerprint density at radius 3 is 2.82 bits per heavy atom. The van der Waals surface area contributed by atoms with Crippen LogP contribution in [0.3, 0.4) is 0 Å². The molecule has 0 aromatic heterocycles. The summed E-state index contributed by atoms with van der Waals surface area (Å²) < 4.78 is 0. The van der Waals surface area contributed by atoms with Crippen molar-refractivity contribution in [1.82, 2.24) is 0 Å². The lowest BCUT2D eigenvalue weighted by Gasteiger charge is -2.08. The summed E-state index contributed by atoms with van der Waals surface area (Å²) in [5.41, 5.74) is 7.04. The molecule has 1 aromatic rings. The molecule has 0 fully saturated rings. The fourth-order valence-corrected chi connectivity index (χ4v) is 0.870. The van der Waals surface area contributed by atoms with E-state index < -0.39 is 6.23 Å². The van der Waals surface area contributed by atoms with Gasteiger partial charge in [0, 0.05) is 11.4 Å². The maximum atomic E-state index is 8.94. The highest BCUT2D eigenvalue weighted by Crippen LogP contribution is 2.11. The van der Waals surface area contributed by atoms with Crippen LogP contribution < -0.4 is 11.1 Å². The number of anilines is 2. The highest BCUT2D eigenvalue weighted by molar-refractivity contribution is 5.54. The summed E-state index contributed by atoms with van der Waals surface area (Å²) in [6.45, 7) is 1.66. The average Bonchev–Trinajstić information content (AvgIpc) is 1.85. The summed E-state index contributed by atoms with van der Waals surface area (Å²) in [6, 6.07) is 7.25. The molecule has 0 radical (unpaired) electrons. The molecule has 1 unspecified atom stereocenters. The first-order valence-electron chi connectivity index (χ1n) is 3.48. The molecule has 1 rings (SSSR count). The molecule has 0 aliphatic heterocycles. The average molecular weight is 152 g/mol. The molecular weight excluding hydrogens is 140 g/mol. The zero-order valence-electron chi connectivity index (χ0n) is 6.41. The van der Waals surface area contributed by atoms with E-state index in [9.17, 15) is 0 Å². The van der Waals surface area contributed by atoms with Gasteiger partial charge in [0.1, 0.15) is 6.23 Å². The summed E-state index contributed by atoms with van der Waals surface area (Å²) in [7, 11) is 0. The zero-order valence-corrected chi connectivity index (χ0v) is 6.41. The monoisotopic (exact) mass is 152 g/mol. The number of benzene rings is 1. The maximum absolute atomic E-state index is 8.94. The third kappa shape index (κ3) is 2.47. The van der Waals surface area contributed by atoms with E-state index >= 15 is 0 Å². The van der Waals surface area contributed by atoms with Crippen LogP contribution >= 0.6 is 0 Å². The number of hydrogen-bond acceptors (Lipinski definition) is 3.